The van der Waals surface area contributed by atoms with Crippen LogP contribution in [0.5, 0.6) is 5.75 Å². The van der Waals surface area contributed by atoms with Crippen LogP contribution in [0.1, 0.15) is 44.4 Å². The van der Waals surface area contributed by atoms with E-state index in [0.717, 1.165) is 41.5 Å². The molecule has 0 amide bonds. The summed E-state index contributed by atoms with van der Waals surface area (Å²) in [6.07, 6.45) is 3.10. The van der Waals surface area contributed by atoms with Crippen molar-refractivity contribution in [2.75, 3.05) is 6.61 Å². The van der Waals surface area contributed by atoms with Gasteiger partial charge in [0.1, 0.15) is 17.2 Å². The molecule has 1 aliphatic carbocycles. The normalized spacial score (nSPS) is 20.1. The summed E-state index contributed by atoms with van der Waals surface area (Å²) in [6.45, 7) is 4.97. The van der Waals surface area contributed by atoms with Gasteiger partial charge in [0.15, 0.2) is 0 Å². The highest BCUT2D eigenvalue weighted by Gasteiger charge is 2.51. The van der Waals surface area contributed by atoms with E-state index in [9.17, 15) is 9.50 Å². The summed E-state index contributed by atoms with van der Waals surface area (Å²) in [6, 6.07) is 12.2. The zero-order chi connectivity index (χ0) is 18.1. The van der Waals surface area contributed by atoms with Crippen LogP contribution in [0.3, 0.4) is 0 Å². The number of fused-ring (bicyclic) bond motifs is 4. The number of hydrogen-bond donors (Lipinski definition) is 1. The molecule has 0 unspecified atom stereocenters. The van der Waals surface area contributed by atoms with Crippen molar-refractivity contribution in [2.45, 2.75) is 44.1 Å². The molecular formula is C22H22FNO2. The number of aromatic hydroxyl groups is 1. The lowest BCUT2D eigenvalue weighted by molar-refractivity contribution is -0.136. The van der Waals surface area contributed by atoms with Crippen LogP contribution in [0.4, 0.5) is 4.39 Å². The molecule has 1 saturated carbocycles. The highest BCUT2D eigenvalue weighted by molar-refractivity contribution is 5.94. The van der Waals surface area contributed by atoms with Gasteiger partial charge in [0.25, 0.3) is 0 Å². The Balaban J connectivity index is 1.95. The van der Waals surface area contributed by atoms with E-state index in [4.69, 9.17) is 4.74 Å². The maximum absolute atomic E-state index is 13.5. The van der Waals surface area contributed by atoms with Crippen molar-refractivity contribution in [1.29, 1.82) is 0 Å². The summed E-state index contributed by atoms with van der Waals surface area (Å²) in [5.41, 5.74) is 3.63. The van der Waals surface area contributed by atoms with Crippen LogP contribution in [0.15, 0.2) is 42.5 Å². The van der Waals surface area contributed by atoms with Gasteiger partial charge >= 0.3 is 0 Å². The first kappa shape index (κ1) is 15.9. The summed E-state index contributed by atoms with van der Waals surface area (Å²) in [4.78, 5) is 0. The van der Waals surface area contributed by atoms with Gasteiger partial charge in [-0.05, 0) is 61.2 Å². The fraction of sp³-hybridized carbons (Fsp3) is 0.364. The minimum absolute atomic E-state index is 0.210. The highest BCUT2D eigenvalue weighted by atomic mass is 19.1. The topological polar surface area (TPSA) is 34.4 Å². The van der Waals surface area contributed by atoms with E-state index in [1.165, 1.54) is 17.7 Å². The molecule has 1 aliphatic heterocycles. The Kier molecular flexibility index (Phi) is 3.12. The Bertz CT molecular complexity index is 1010. The van der Waals surface area contributed by atoms with Gasteiger partial charge in [0.05, 0.1) is 17.8 Å². The molecule has 0 atom stereocenters. The average Bonchev–Trinajstić information content (AvgIpc) is 2.93. The van der Waals surface area contributed by atoms with E-state index >= 15 is 0 Å². The summed E-state index contributed by atoms with van der Waals surface area (Å²) in [7, 11) is 0. The number of halogens is 1. The minimum atomic E-state index is -0.301. The number of rotatable bonds is 1. The summed E-state index contributed by atoms with van der Waals surface area (Å²) in [5, 5.41) is 11.6. The van der Waals surface area contributed by atoms with Crippen molar-refractivity contribution in [3.63, 3.8) is 0 Å². The quantitative estimate of drug-likeness (QED) is 0.657. The zero-order valence-corrected chi connectivity index (χ0v) is 15.1. The Hall–Kier alpha value is -2.33. The molecule has 2 aromatic carbocycles. The molecule has 134 valence electrons. The van der Waals surface area contributed by atoms with Crippen molar-refractivity contribution in [3.05, 3.63) is 59.5 Å². The van der Waals surface area contributed by atoms with Gasteiger partial charge in [-0.15, -0.1) is 0 Å². The maximum atomic E-state index is 13.5. The third-order valence-corrected chi connectivity index (χ3v) is 6.04. The van der Waals surface area contributed by atoms with Crippen LogP contribution in [-0.4, -0.2) is 16.3 Å². The SMILES string of the molecule is CC1(C)COC2(CCC2)c2c1c1c(O)cccc1n2-c1ccc(F)cc1. The van der Waals surface area contributed by atoms with Crippen molar-refractivity contribution in [1.82, 2.24) is 4.57 Å². The molecule has 2 heterocycles. The molecule has 26 heavy (non-hydrogen) atoms. The second kappa shape index (κ2) is 5.10. The van der Waals surface area contributed by atoms with E-state index in [1.807, 2.05) is 12.1 Å². The number of aromatic nitrogens is 1. The summed E-state index contributed by atoms with van der Waals surface area (Å²) in [5.74, 6) is 0.0425. The molecule has 3 nitrogen and oxygen atoms in total. The predicted molar refractivity (Wildman–Crippen MR) is 99.4 cm³/mol. The molecule has 5 rings (SSSR count). The van der Waals surface area contributed by atoms with Crippen molar-refractivity contribution >= 4 is 10.9 Å². The van der Waals surface area contributed by atoms with Crippen LogP contribution in [-0.2, 0) is 15.8 Å². The molecule has 4 heteroatoms. The lowest BCUT2D eigenvalue weighted by Gasteiger charge is -2.49. The van der Waals surface area contributed by atoms with Crippen LogP contribution in [0.25, 0.3) is 16.6 Å². The highest BCUT2D eigenvalue weighted by Crippen LogP contribution is 2.56. The molecule has 2 aliphatic rings. The molecule has 0 saturated heterocycles. The lowest BCUT2D eigenvalue weighted by atomic mass is 9.69. The molecule has 1 spiro atoms. The zero-order valence-electron chi connectivity index (χ0n) is 15.1. The van der Waals surface area contributed by atoms with Gasteiger partial charge in [-0.3, -0.25) is 0 Å². The fourth-order valence-electron chi connectivity index (χ4n) is 4.61. The standard InChI is InChI=1S/C22H22FNO2/c1-21(2)13-26-22(11-4-12-22)20-19(21)18-16(5-3-6-17(18)25)24(20)15-9-7-14(23)8-10-15/h3,5-10,25H,4,11-13H2,1-2H3. The van der Waals surface area contributed by atoms with Gasteiger partial charge < -0.3 is 14.4 Å². The van der Waals surface area contributed by atoms with Crippen LogP contribution in [0.2, 0.25) is 0 Å². The molecule has 3 aromatic rings. The molecule has 1 aromatic heterocycles. The number of hydrogen-bond acceptors (Lipinski definition) is 2. The van der Waals surface area contributed by atoms with Crippen molar-refractivity contribution in [2.24, 2.45) is 0 Å². The second-order valence-electron chi connectivity index (χ2n) is 8.23. The number of benzene rings is 2. The third kappa shape index (κ3) is 1.96. The third-order valence-electron chi connectivity index (χ3n) is 6.04. The molecular weight excluding hydrogens is 329 g/mol. The van der Waals surface area contributed by atoms with Gasteiger partial charge in [0.2, 0.25) is 0 Å². The van der Waals surface area contributed by atoms with Crippen LogP contribution >= 0.6 is 0 Å². The fourth-order valence-corrected chi connectivity index (χ4v) is 4.61. The van der Waals surface area contributed by atoms with Gasteiger partial charge in [-0.2, -0.15) is 0 Å². The minimum Gasteiger partial charge on any atom is -0.507 e. The van der Waals surface area contributed by atoms with E-state index in [1.54, 1.807) is 18.2 Å². The van der Waals surface area contributed by atoms with Gasteiger partial charge in [-0.25, -0.2) is 4.39 Å². The van der Waals surface area contributed by atoms with Crippen LogP contribution in [0, 0.1) is 5.82 Å². The molecule has 0 radical (unpaired) electrons. The first-order valence-electron chi connectivity index (χ1n) is 9.20. The van der Waals surface area contributed by atoms with E-state index < -0.39 is 0 Å². The first-order valence-corrected chi connectivity index (χ1v) is 9.20. The Morgan fingerprint density at radius 2 is 1.81 bits per heavy atom. The van der Waals surface area contributed by atoms with E-state index in [-0.39, 0.29) is 16.8 Å². The molecule has 0 bridgehead atoms. The van der Waals surface area contributed by atoms with Crippen molar-refractivity contribution in [3.8, 4) is 11.4 Å². The average molecular weight is 351 g/mol. The largest absolute Gasteiger partial charge is 0.507 e. The van der Waals surface area contributed by atoms with Gasteiger partial charge in [-0.1, -0.05) is 19.9 Å². The Labute approximate surface area is 152 Å². The molecule has 1 N–H and O–H groups in total. The first-order chi connectivity index (χ1) is 12.4. The Morgan fingerprint density at radius 3 is 2.46 bits per heavy atom. The predicted octanol–water partition coefficient (Wildman–Crippen LogP) is 5.16. The number of phenols is 1. The lowest BCUT2D eigenvalue weighted by Crippen LogP contribution is -2.48. The number of phenolic OH excluding ortho intramolecular Hbond substituents is 1. The number of ether oxygens (including phenoxy) is 1. The van der Waals surface area contributed by atoms with E-state index in [2.05, 4.69) is 18.4 Å². The second-order valence-corrected chi connectivity index (χ2v) is 8.23. The summed E-state index contributed by atoms with van der Waals surface area (Å²) >= 11 is 0. The molecule has 1 fully saturated rings. The van der Waals surface area contributed by atoms with Crippen LogP contribution < -0.4 is 0 Å². The smallest absolute Gasteiger partial charge is 0.125 e. The summed E-state index contributed by atoms with van der Waals surface area (Å²) < 4.78 is 22.1. The monoisotopic (exact) mass is 351 g/mol. The number of nitrogens with zero attached hydrogens (tertiary/aromatic N) is 1. The van der Waals surface area contributed by atoms with Gasteiger partial charge in [0, 0.05) is 16.5 Å². The Morgan fingerprint density at radius 1 is 1.08 bits per heavy atom. The van der Waals surface area contributed by atoms with Crippen molar-refractivity contribution < 1.29 is 14.2 Å². The van der Waals surface area contributed by atoms with E-state index in [0.29, 0.717) is 12.4 Å². The maximum Gasteiger partial charge on any atom is 0.125 e.